The number of nitrogens with zero attached hydrogens (tertiary/aromatic N) is 4. The van der Waals surface area contributed by atoms with Gasteiger partial charge in [-0.15, -0.1) is 0 Å². The molecule has 6 rings (SSSR count). The fourth-order valence-corrected chi connectivity index (χ4v) is 8.13. The van der Waals surface area contributed by atoms with Crippen LogP contribution >= 0.6 is 35.4 Å². The molecule has 3 amide bonds. The molecule has 0 radical (unpaired) electrons. The second kappa shape index (κ2) is 16.4. The number of hydrogen-bond donors (Lipinski definition) is 2. The maximum atomic E-state index is 13.7. The van der Waals surface area contributed by atoms with E-state index in [1.807, 2.05) is 0 Å². The summed E-state index contributed by atoms with van der Waals surface area (Å²) in [6, 6.07) is 14.1. The van der Waals surface area contributed by atoms with E-state index in [1.165, 1.54) is 17.0 Å². The number of ketones is 1. The Kier molecular flexibility index (Phi) is 12.0. The fourth-order valence-electron chi connectivity index (χ4n) is 7.13. The number of nitrogens with one attached hydrogen (secondary N) is 2. The predicted molar refractivity (Wildman–Crippen MR) is 209 cm³/mol. The number of amides is 3. The first kappa shape index (κ1) is 40.9. The number of carbonyl (C=O) groups excluding carboxylic acids is 4. The molecular formula is C39H37Cl2F3N6O5S. The third kappa shape index (κ3) is 8.94. The quantitative estimate of drug-likeness (QED) is 0.155. The maximum absolute atomic E-state index is 13.7. The number of benzene rings is 3. The van der Waals surface area contributed by atoms with Crippen LogP contribution in [0.15, 0.2) is 54.6 Å². The number of ether oxygens (including phenoxy) is 1. The topological polar surface area (TPSA) is 135 Å². The minimum atomic E-state index is -4.81. The number of nitriles is 1. The molecule has 3 aliphatic heterocycles. The number of rotatable bonds is 11. The molecule has 0 spiro atoms. The number of Topliss-reactive ketones (excluding diaryl/α,β-unsaturated/α-hetero) is 1. The Morgan fingerprint density at radius 2 is 1.75 bits per heavy atom. The first-order valence-corrected chi connectivity index (χ1v) is 19.0. The molecule has 3 aromatic carbocycles. The van der Waals surface area contributed by atoms with Gasteiger partial charge in [-0.2, -0.15) is 18.4 Å². The van der Waals surface area contributed by atoms with E-state index >= 15 is 0 Å². The zero-order valence-corrected chi connectivity index (χ0v) is 32.7. The molecule has 0 bridgehead atoms. The van der Waals surface area contributed by atoms with Gasteiger partial charge in [0, 0.05) is 29.2 Å². The van der Waals surface area contributed by atoms with Crippen molar-refractivity contribution in [2.24, 2.45) is 5.92 Å². The lowest BCUT2D eigenvalue weighted by atomic mass is 9.97. The highest BCUT2D eigenvalue weighted by Gasteiger charge is 2.51. The smallest absolute Gasteiger partial charge is 0.417 e. The Bertz CT molecular complexity index is 2140. The number of anilines is 3. The van der Waals surface area contributed by atoms with Crippen LogP contribution in [-0.2, 0) is 31.8 Å². The van der Waals surface area contributed by atoms with Crippen LogP contribution in [0, 0.1) is 17.2 Å². The van der Waals surface area contributed by atoms with E-state index in [1.54, 1.807) is 50.2 Å². The average molecular weight is 830 g/mol. The van der Waals surface area contributed by atoms with Crippen LogP contribution in [0.4, 0.5) is 30.2 Å². The number of hydrogen-bond acceptors (Lipinski definition) is 9. The standard InChI is InChI=1S/C39H37Cl2F3N6O5S/c1-38(2)36(54)49(27-4-3-24(19-45)30(17-27)39(42,43)44)37(56)50(38)28-5-7-33(31(41)18-28)55-21-22-9-11-48(12-10-22)20-29(51)15-23-13-25(40)16-26(14-23)46-32-6-8-34(52)47-35(32)53/h3-5,7,13-14,16-18,22,32,46H,6,8-12,15,20-21H2,1-2H3,(H,47,52,53). The summed E-state index contributed by atoms with van der Waals surface area (Å²) >= 11 is 18.6. The number of piperidine rings is 2. The van der Waals surface area contributed by atoms with Gasteiger partial charge < -0.3 is 15.0 Å². The van der Waals surface area contributed by atoms with Crippen molar-refractivity contribution < 1.29 is 37.1 Å². The van der Waals surface area contributed by atoms with Crippen molar-refractivity contribution in [1.29, 1.82) is 5.26 Å². The van der Waals surface area contributed by atoms with Gasteiger partial charge in [-0.25, -0.2) is 0 Å². The van der Waals surface area contributed by atoms with Gasteiger partial charge in [0.25, 0.3) is 5.91 Å². The summed E-state index contributed by atoms with van der Waals surface area (Å²) in [6.07, 6.45) is -2.46. The first-order chi connectivity index (χ1) is 26.4. The minimum absolute atomic E-state index is 0.0224. The second-order valence-corrected chi connectivity index (χ2v) is 15.7. The van der Waals surface area contributed by atoms with E-state index in [9.17, 15) is 37.6 Å². The number of thiocarbonyl (C=S) groups is 1. The molecule has 0 saturated carbocycles. The second-order valence-electron chi connectivity index (χ2n) is 14.5. The average Bonchev–Trinajstić information content (AvgIpc) is 3.30. The third-order valence-corrected chi connectivity index (χ3v) is 10.9. The van der Waals surface area contributed by atoms with Crippen molar-refractivity contribution in [2.75, 3.05) is 41.4 Å². The van der Waals surface area contributed by atoms with E-state index in [0.717, 1.165) is 29.9 Å². The lowest BCUT2D eigenvalue weighted by molar-refractivity contribution is -0.138. The van der Waals surface area contributed by atoms with Crippen molar-refractivity contribution in [3.05, 3.63) is 81.3 Å². The van der Waals surface area contributed by atoms with Crippen LogP contribution in [0.1, 0.15) is 56.2 Å². The Balaban J connectivity index is 1.01. The monoisotopic (exact) mass is 828 g/mol. The molecular weight excluding hydrogens is 792 g/mol. The molecule has 56 heavy (non-hydrogen) atoms. The highest BCUT2D eigenvalue weighted by Crippen LogP contribution is 2.41. The van der Waals surface area contributed by atoms with E-state index in [2.05, 4.69) is 15.5 Å². The van der Waals surface area contributed by atoms with Gasteiger partial charge in [0.15, 0.2) is 10.9 Å². The van der Waals surface area contributed by atoms with E-state index < -0.39 is 40.7 Å². The molecule has 294 valence electrons. The van der Waals surface area contributed by atoms with Crippen LogP contribution in [0.2, 0.25) is 10.0 Å². The normalized spacial score (nSPS) is 19.2. The van der Waals surface area contributed by atoms with Gasteiger partial charge in [-0.3, -0.25) is 34.3 Å². The fraction of sp³-hybridized carbons (Fsp3) is 0.385. The van der Waals surface area contributed by atoms with Gasteiger partial charge >= 0.3 is 6.18 Å². The summed E-state index contributed by atoms with van der Waals surface area (Å²) in [5.74, 6) is -0.615. The Morgan fingerprint density at radius 3 is 2.41 bits per heavy atom. The minimum Gasteiger partial charge on any atom is -0.492 e. The van der Waals surface area contributed by atoms with Crippen LogP contribution in [0.25, 0.3) is 0 Å². The summed E-state index contributed by atoms with van der Waals surface area (Å²) in [5.41, 5.74) is -1.37. The molecule has 0 aromatic heterocycles. The van der Waals surface area contributed by atoms with E-state index in [4.69, 9.17) is 40.2 Å². The number of alkyl halides is 3. The molecule has 1 unspecified atom stereocenters. The van der Waals surface area contributed by atoms with Crippen molar-refractivity contribution in [3.63, 3.8) is 0 Å². The molecule has 2 N–H and O–H groups in total. The molecule has 3 saturated heterocycles. The van der Waals surface area contributed by atoms with Gasteiger partial charge in [-0.1, -0.05) is 23.2 Å². The SMILES string of the molecule is CC1(C)C(=O)N(c2ccc(C#N)c(C(F)(F)F)c2)C(=S)N1c1ccc(OCC2CCN(CC(=O)Cc3cc(Cl)cc(NC4CCC(=O)NC4=O)c3)CC2)c(Cl)c1. The van der Waals surface area contributed by atoms with Gasteiger partial charge in [-0.05, 0) is 124 Å². The molecule has 3 aliphatic rings. The molecule has 11 nitrogen and oxygen atoms in total. The molecule has 3 fully saturated rings. The van der Waals surface area contributed by atoms with Crippen LogP contribution in [-0.4, -0.2) is 71.3 Å². The van der Waals surface area contributed by atoms with Gasteiger partial charge in [0.2, 0.25) is 11.8 Å². The lowest BCUT2D eigenvalue weighted by Gasteiger charge is -2.31. The zero-order chi connectivity index (χ0) is 40.5. The van der Waals surface area contributed by atoms with Crippen molar-refractivity contribution in [1.82, 2.24) is 10.2 Å². The van der Waals surface area contributed by atoms with Crippen molar-refractivity contribution in [2.45, 2.75) is 63.7 Å². The van der Waals surface area contributed by atoms with Crippen LogP contribution in [0.5, 0.6) is 5.75 Å². The van der Waals surface area contributed by atoms with Gasteiger partial charge in [0.05, 0.1) is 41.1 Å². The lowest BCUT2D eigenvalue weighted by Crippen LogP contribution is -2.47. The van der Waals surface area contributed by atoms with Crippen LogP contribution in [0.3, 0.4) is 0 Å². The number of carbonyl (C=O) groups is 4. The zero-order valence-electron chi connectivity index (χ0n) is 30.3. The number of imide groups is 1. The molecule has 3 heterocycles. The highest BCUT2D eigenvalue weighted by molar-refractivity contribution is 7.81. The predicted octanol–water partition coefficient (Wildman–Crippen LogP) is 6.92. The largest absolute Gasteiger partial charge is 0.492 e. The summed E-state index contributed by atoms with van der Waals surface area (Å²) in [4.78, 5) is 54.9. The molecule has 1 atom stereocenters. The molecule has 0 aliphatic carbocycles. The molecule has 3 aromatic rings. The van der Waals surface area contributed by atoms with E-state index in [-0.39, 0.29) is 52.8 Å². The molecule has 17 heteroatoms. The first-order valence-electron chi connectivity index (χ1n) is 17.8. The Hall–Kier alpha value is -4.75. The number of likely N-dealkylation sites (tertiary alicyclic amines) is 1. The maximum Gasteiger partial charge on any atom is 0.417 e. The Morgan fingerprint density at radius 1 is 1.04 bits per heavy atom. The summed E-state index contributed by atoms with van der Waals surface area (Å²) in [7, 11) is 0. The summed E-state index contributed by atoms with van der Waals surface area (Å²) in [6.45, 7) is 5.25. The van der Waals surface area contributed by atoms with Crippen LogP contribution < -0.4 is 25.2 Å². The highest BCUT2D eigenvalue weighted by atomic mass is 35.5. The number of halogens is 5. The van der Waals surface area contributed by atoms with E-state index in [0.29, 0.717) is 53.8 Å². The van der Waals surface area contributed by atoms with Crippen molar-refractivity contribution >= 4 is 81.1 Å². The summed E-state index contributed by atoms with van der Waals surface area (Å²) in [5, 5.41) is 15.3. The Labute approximate surface area is 336 Å². The van der Waals surface area contributed by atoms with Gasteiger partial charge in [0.1, 0.15) is 17.3 Å². The third-order valence-electron chi connectivity index (χ3n) is 10.0. The summed E-state index contributed by atoms with van der Waals surface area (Å²) < 4.78 is 47.2. The van der Waals surface area contributed by atoms with Crippen molar-refractivity contribution in [3.8, 4) is 11.8 Å².